The molecular formula is C20H24ClN3O3S. The third-order valence-electron chi connectivity index (χ3n) is 4.58. The molecule has 0 saturated carbocycles. The molecule has 1 aromatic heterocycles. The lowest BCUT2D eigenvalue weighted by atomic mass is 10.1. The van der Waals surface area contributed by atoms with Gasteiger partial charge in [-0.1, -0.05) is 25.4 Å². The van der Waals surface area contributed by atoms with Gasteiger partial charge in [0.05, 0.1) is 5.69 Å². The summed E-state index contributed by atoms with van der Waals surface area (Å²) in [5.41, 5.74) is 0.713. The minimum atomic E-state index is -0.0237. The van der Waals surface area contributed by atoms with Gasteiger partial charge in [0.1, 0.15) is 22.2 Å². The summed E-state index contributed by atoms with van der Waals surface area (Å²) in [4.78, 5) is 33.7. The molecule has 0 spiro atoms. The molecule has 28 heavy (non-hydrogen) atoms. The van der Waals surface area contributed by atoms with E-state index >= 15 is 0 Å². The summed E-state index contributed by atoms with van der Waals surface area (Å²) in [5, 5.41) is 1.41. The van der Waals surface area contributed by atoms with Crippen molar-refractivity contribution in [1.29, 1.82) is 0 Å². The SMILES string of the molecule is Cc1nc(COc2ccc(Cl)cc2)sc1C(=O)N1CCN(C(=O)C(C)C)CC1. The number of carbonyl (C=O) groups is 2. The predicted octanol–water partition coefficient (Wildman–Crippen LogP) is 3.62. The van der Waals surface area contributed by atoms with Gasteiger partial charge < -0.3 is 14.5 Å². The summed E-state index contributed by atoms with van der Waals surface area (Å²) in [5.74, 6) is 0.803. The molecule has 0 bridgehead atoms. The fourth-order valence-corrected chi connectivity index (χ4v) is 4.10. The Morgan fingerprint density at radius 1 is 1.14 bits per heavy atom. The minimum Gasteiger partial charge on any atom is -0.486 e. The number of aromatic nitrogens is 1. The van der Waals surface area contributed by atoms with Crippen molar-refractivity contribution in [3.63, 3.8) is 0 Å². The van der Waals surface area contributed by atoms with Crippen molar-refractivity contribution in [2.24, 2.45) is 5.92 Å². The van der Waals surface area contributed by atoms with Gasteiger partial charge >= 0.3 is 0 Å². The molecular weight excluding hydrogens is 398 g/mol. The summed E-state index contributed by atoms with van der Waals surface area (Å²) in [6, 6.07) is 7.13. The minimum absolute atomic E-state index is 0.0193. The lowest BCUT2D eigenvalue weighted by Gasteiger charge is -2.35. The second kappa shape index (κ2) is 8.92. The summed E-state index contributed by atoms with van der Waals surface area (Å²) in [6.45, 7) is 8.18. The van der Waals surface area contributed by atoms with Crippen LogP contribution in [0.3, 0.4) is 0 Å². The van der Waals surface area contributed by atoms with Crippen LogP contribution in [0.25, 0.3) is 0 Å². The normalized spacial score (nSPS) is 14.5. The zero-order valence-electron chi connectivity index (χ0n) is 16.3. The zero-order chi connectivity index (χ0) is 20.3. The molecule has 2 amide bonds. The Kier molecular flexibility index (Phi) is 6.57. The van der Waals surface area contributed by atoms with Crippen LogP contribution in [-0.2, 0) is 11.4 Å². The van der Waals surface area contributed by atoms with Crippen molar-refractivity contribution in [2.45, 2.75) is 27.4 Å². The van der Waals surface area contributed by atoms with E-state index in [9.17, 15) is 9.59 Å². The summed E-state index contributed by atoms with van der Waals surface area (Å²) >= 11 is 7.24. The van der Waals surface area contributed by atoms with E-state index in [1.165, 1.54) is 11.3 Å². The molecule has 1 fully saturated rings. The number of ether oxygens (including phenoxy) is 1. The van der Waals surface area contributed by atoms with Crippen LogP contribution in [0.1, 0.15) is 34.2 Å². The Balaban J connectivity index is 1.59. The van der Waals surface area contributed by atoms with Crippen LogP contribution in [0.5, 0.6) is 5.75 Å². The number of amides is 2. The van der Waals surface area contributed by atoms with Crippen molar-refractivity contribution in [2.75, 3.05) is 26.2 Å². The second-order valence-corrected chi connectivity index (χ2v) is 8.56. The number of rotatable bonds is 5. The molecule has 0 atom stereocenters. The molecule has 0 N–H and O–H groups in total. The highest BCUT2D eigenvalue weighted by atomic mass is 35.5. The van der Waals surface area contributed by atoms with E-state index in [1.54, 1.807) is 29.2 Å². The number of benzene rings is 1. The maximum absolute atomic E-state index is 12.9. The highest BCUT2D eigenvalue weighted by Gasteiger charge is 2.28. The smallest absolute Gasteiger partial charge is 0.265 e. The van der Waals surface area contributed by atoms with E-state index in [0.29, 0.717) is 54.1 Å². The number of piperazine rings is 1. The Morgan fingerprint density at radius 2 is 1.75 bits per heavy atom. The van der Waals surface area contributed by atoms with Crippen molar-refractivity contribution < 1.29 is 14.3 Å². The summed E-state index contributed by atoms with van der Waals surface area (Å²) in [6.07, 6.45) is 0. The van der Waals surface area contributed by atoms with E-state index in [0.717, 1.165) is 5.01 Å². The fraction of sp³-hybridized carbons (Fsp3) is 0.450. The summed E-state index contributed by atoms with van der Waals surface area (Å²) in [7, 11) is 0. The Hall–Kier alpha value is -2.12. The maximum Gasteiger partial charge on any atom is 0.265 e. The van der Waals surface area contributed by atoms with E-state index < -0.39 is 0 Å². The molecule has 1 aliphatic heterocycles. The molecule has 2 aromatic rings. The van der Waals surface area contributed by atoms with Crippen LogP contribution in [0, 0.1) is 12.8 Å². The first kappa shape index (κ1) is 20.6. The highest BCUT2D eigenvalue weighted by molar-refractivity contribution is 7.13. The van der Waals surface area contributed by atoms with Crippen LogP contribution in [0.15, 0.2) is 24.3 Å². The van der Waals surface area contributed by atoms with Gasteiger partial charge in [0.25, 0.3) is 5.91 Å². The quantitative estimate of drug-likeness (QED) is 0.739. The molecule has 0 unspecified atom stereocenters. The van der Waals surface area contributed by atoms with Crippen LogP contribution in [0.4, 0.5) is 0 Å². The first-order chi connectivity index (χ1) is 13.3. The number of thiazole rings is 1. The van der Waals surface area contributed by atoms with Gasteiger partial charge in [-0.25, -0.2) is 4.98 Å². The van der Waals surface area contributed by atoms with Crippen molar-refractivity contribution in [3.05, 3.63) is 44.9 Å². The molecule has 150 valence electrons. The average molecular weight is 422 g/mol. The molecule has 1 aromatic carbocycles. The molecule has 6 nitrogen and oxygen atoms in total. The first-order valence-electron chi connectivity index (χ1n) is 9.28. The maximum atomic E-state index is 12.9. The van der Waals surface area contributed by atoms with E-state index in [4.69, 9.17) is 16.3 Å². The van der Waals surface area contributed by atoms with Gasteiger partial charge in [-0.3, -0.25) is 9.59 Å². The number of hydrogen-bond acceptors (Lipinski definition) is 5. The third kappa shape index (κ3) is 4.83. The number of halogens is 1. The van der Waals surface area contributed by atoms with Crippen LogP contribution < -0.4 is 4.74 Å². The molecule has 1 aliphatic rings. The van der Waals surface area contributed by atoms with Gasteiger partial charge in [0.15, 0.2) is 0 Å². The summed E-state index contributed by atoms with van der Waals surface area (Å²) < 4.78 is 5.72. The Labute approximate surface area is 174 Å². The molecule has 1 saturated heterocycles. The van der Waals surface area contributed by atoms with Gasteiger partial charge in [0.2, 0.25) is 5.91 Å². The largest absolute Gasteiger partial charge is 0.486 e. The zero-order valence-corrected chi connectivity index (χ0v) is 17.8. The van der Waals surface area contributed by atoms with Crippen molar-refractivity contribution >= 4 is 34.8 Å². The monoisotopic (exact) mass is 421 g/mol. The lowest BCUT2D eigenvalue weighted by Crippen LogP contribution is -2.51. The number of hydrogen-bond donors (Lipinski definition) is 0. The fourth-order valence-electron chi connectivity index (χ4n) is 3.03. The molecule has 2 heterocycles. The predicted molar refractivity (Wildman–Crippen MR) is 110 cm³/mol. The van der Waals surface area contributed by atoms with Crippen molar-refractivity contribution in [1.82, 2.24) is 14.8 Å². The highest BCUT2D eigenvalue weighted by Crippen LogP contribution is 2.23. The van der Waals surface area contributed by atoms with Crippen molar-refractivity contribution in [3.8, 4) is 5.75 Å². The van der Waals surface area contributed by atoms with Gasteiger partial charge in [0, 0.05) is 37.1 Å². The molecule has 3 rings (SSSR count). The first-order valence-corrected chi connectivity index (χ1v) is 10.5. The third-order valence-corrected chi connectivity index (χ3v) is 5.95. The lowest BCUT2D eigenvalue weighted by molar-refractivity contribution is -0.135. The van der Waals surface area contributed by atoms with Crippen LogP contribution in [0.2, 0.25) is 5.02 Å². The van der Waals surface area contributed by atoms with E-state index in [2.05, 4.69) is 4.98 Å². The molecule has 8 heteroatoms. The topological polar surface area (TPSA) is 62.7 Å². The molecule has 0 radical (unpaired) electrons. The van der Waals surface area contributed by atoms with E-state index in [1.807, 2.05) is 25.7 Å². The Morgan fingerprint density at radius 3 is 2.36 bits per heavy atom. The number of carbonyl (C=O) groups excluding carboxylic acids is 2. The Bertz CT molecular complexity index is 843. The van der Waals surface area contributed by atoms with E-state index in [-0.39, 0.29) is 17.7 Å². The van der Waals surface area contributed by atoms with Gasteiger partial charge in [-0.2, -0.15) is 0 Å². The van der Waals surface area contributed by atoms with Gasteiger partial charge in [-0.05, 0) is 31.2 Å². The standard InChI is InChI=1S/C20H24ClN3O3S/c1-13(2)19(25)23-8-10-24(11-9-23)20(26)18-14(3)22-17(28-18)12-27-16-6-4-15(21)5-7-16/h4-7,13H,8-12H2,1-3H3. The van der Waals surface area contributed by atoms with Gasteiger partial charge in [-0.15, -0.1) is 11.3 Å². The number of aryl methyl sites for hydroxylation is 1. The van der Waals surface area contributed by atoms with Crippen LogP contribution in [-0.4, -0.2) is 52.8 Å². The second-order valence-electron chi connectivity index (χ2n) is 7.04. The molecule has 0 aliphatic carbocycles. The number of nitrogens with zero attached hydrogens (tertiary/aromatic N) is 3. The average Bonchev–Trinajstić information content (AvgIpc) is 3.07. The van der Waals surface area contributed by atoms with Crippen LogP contribution >= 0.6 is 22.9 Å².